The summed E-state index contributed by atoms with van der Waals surface area (Å²) < 4.78 is 5.83. The van der Waals surface area contributed by atoms with Crippen molar-refractivity contribution in [2.24, 2.45) is 0 Å². The first-order chi connectivity index (χ1) is 9.15. The Labute approximate surface area is 110 Å². The lowest BCUT2D eigenvalue weighted by molar-refractivity contribution is -0.0525. The van der Waals surface area contributed by atoms with Crippen LogP contribution >= 0.6 is 0 Å². The summed E-state index contributed by atoms with van der Waals surface area (Å²) in [6.45, 7) is 1.87. The molecule has 0 aliphatic carbocycles. The molecule has 2 aliphatic rings. The van der Waals surface area contributed by atoms with Crippen LogP contribution in [-0.4, -0.2) is 16.2 Å². The molecule has 3 atom stereocenters. The maximum atomic E-state index is 12.3. The lowest BCUT2D eigenvalue weighted by Crippen LogP contribution is -2.25. The third-order valence-corrected chi connectivity index (χ3v) is 4.25. The van der Waals surface area contributed by atoms with E-state index in [2.05, 4.69) is 4.98 Å². The number of hydrogen-bond acceptors (Lipinski definition) is 3. The van der Waals surface area contributed by atoms with Gasteiger partial charge in [0, 0.05) is 17.3 Å². The first kappa shape index (κ1) is 11.2. The zero-order valence-corrected chi connectivity index (χ0v) is 10.6. The lowest BCUT2D eigenvalue weighted by Gasteiger charge is -2.29. The van der Waals surface area contributed by atoms with E-state index in [4.69, 9.17) is 4.74 Å². The smallest absolute Gasteiger partial charge is 0.190 e. The quantitative estimate of drug-likeness (QED) is 0.759. The molecule has 19 heavy (non-hydrogen) atoms. The fraction of sp³-hybridized carbons (Fsp3) is 0.400. The number of nitrogens with one attached hydrogen (secondary N) is 1. The average Bonchev–Trinajstić information content (AvgIpc) is 2.80. The molecule has 1 saturated heterocycles. The van der Waals surface area contributed by atoms with Gasteiger partial charge in [-0.05, 0) is 37.0 Å². The molecular weight excluding hydrogens is 242 g/mol. The Morgan fingerprint density at radius 1 is 1.37 bits per heavy atom. The van der Waals surface area contributed by atoms with Crippen LogP contribution in [0.1, 0.15) is 41.9 Å². The zero-order chi connectivity index (χ0) is 13.1. The summed E-state index contributed by atoms with van der Waals surface area (Å²) in [5.41, 5.74) is 3.42. The first-order valence-corrected chi connectivity index (χ1v) is 6.65. The highest BCUT2D eigenvalue weighted by Gasteiger charge is 2.41. The summed E-state index contributed by atoms with van der Waals surface area (Å²) in [6, 6.07) is 5.41. The number of hydrogen-bond donors (Lipinski definition) is 2. The number of fused-ring (bicyclic) bond motifs is 6. The van der Waals surface area contributed by atoms with Crippen LogP contribution in [0.3, 0.4) is 0 Å². The SMILES string of the molecule is Cc1cc(=O)c2c3c(ccc2[nH]1)[C@@H](O)[C@H]1CC[C@@H]3O1. The molecule has 1 fully saturated rings. The van der Waals surface area contributed by atoms with Crippen LogP contribution in [0.15, 0.2) is 23.0 Å². The summed E-state index contributed by atoms with van der Waals surface area (Å²) in [6.07, 6.45) is 0.960. The predicted octanol–water partition coefficient (Wildman–Crippen LogP) is 2.10. The number of aliphatic hydroxyl groups is 1. The number of aromatic amines is 1. The van der Waals surface area contributed by atoms with E-state index < -0.39 is 6.10 Å². The maximum absolute atomic E-state index is 12.3. The molecule has 3 heterocycles. The van der Waals surface area contributed by atoms with E-state index in [-0.39, 0.29) is 17.6 Å². The van der Waals surface area contributed by atoms with Gasteiger partial charge in [0.15, 0.2) is 5.43 Å². The molecule has 2 aromatic rings. The molecule has 0 amide bonds. The molecule has 1 aromatic carbocycles. The van der Waals surface area contributed by atoms with Gasteiger partial charge in [-0.1, -0.05) is 6.07 Å². The Hall–Kier alpha value is -1.65. The number of rotatable bonds is 0. The highest BCUT2D eigenvalue weighted by molar-refractivity contribution is 5.84. The molecule has 0 spiro atoms. The number of ether oxygens (including phenoxy) is 1. The van der Waals surface area contributed by atoms with E-state index in [0.717, 1.165) is 35.2 Å². The minimum atomic E-state index is -0.612. The van der Waals surface area contributed by atoms with Gasteiger partial charge in [0.2, 0.25) is 0 Å². The van der Waals surface area contributed by atoms with Gasteiger partial charge in [0.05, 0.1) is 17.6 Å². The van der Waals surface area contributed by atoms with Crippen molar-refractivity contribution in [1.82, 2.24) is 4.98 Å². The second-order valence-corrected chi connectivity index (χ2v) is 5.49. The van der Waals surface area contributed by atoms with Crippen molar-refractivity contribution in [2.45, 2.75) is 38.1 Å². The van der Waals surface area contributed by atoms with E-state index in [1.165, 1.54) is 0 Å². The molecule has 0 radical (unpaired) electrons. The van der Waals surface area contributed by atoms with E-state index >= 15 is 0 Å². The van der Waals surface area contributed by atoms with Gasteiger partial charge >= 0.3 is 0 Å². The van der Waals surface area contributed by atoms with Crippen LogP contribution in [0.4, 0.5) is 0 Å². The van der Waals surface area contributed by atoms with Gasteiger partial charge in [-0.2, -0.15) is 0 Å². The normalized spacial score (nSPS) is 28.6. The second-order valence-electron chi connectivity index (χ2n) is 5.49. The molecule has 2 bridgehead atoms. The highest BCUT2D eigenvalue weighted by atomic mass is 16.5. The number of H-pyrrole nitrogens is 1. The van der Waals surface area contributed by atoms with Gasteiger partial charge in [-0.3, -0.25) is 4.79 Å². The minimum Gasteiger partial charge on any atom is -0.386 e. The second kappa shape index (κ2) is 3.68. The first-order valence-electron chi connectivity index (χ1n) is 6.65. The Balaban J connectivity index is 2.12. The van der Waals surface area contributed by atoms with E-state index in [1.807, 2.05) is 19.1 Å². The molecule has 2 aliphatic heterocycles. The van der Waals surface area contributed by atoms with Crippen molar-refractivity contribution < 1.29 is 9.84 Å². The summed E-state index contributed by atoms with van der Waals surface area (Å²) in [5, 5.41) is 11.0. The summed E-state index contributed by atoms with van der Waals surface area (Å²) in [4.78, 5) is 15.5. The van der Waals surface area contributed by atoms with E-state index in [9.17, 15) is 9.90 Å². The lowest BCUT2D eigenvalue weighted by atomic mass is 9.92. The van der Waals surface area contributed by atoms with Crippen molar-refractivity contribution in [1.29, 1.82) is 0 Å². The summed E-state index contributed by atoms with van der Waals surface area (Å²) in [7, 11) is 0. The van der Waals surface area contributed by atoms with Crippen LogP contribution in [0.25, 0.3) is 10.9 Å². The molecule has 2 N–H and O–H groups in total. The van der Waals surface area contributed by atoms with Gasteiger partial charge in [-0.25, -0.2) is 0 Å². The molecular formula is C15H15NO3. The zero-order valence-electron chi connectivity index (χ0n) is 10.6. The third kappa shape index (κ3) is 1.44. The number of aromatic nitrogens is 1. The number of aryl methyl sites for hydroxylation is 1. The number of aliphatic hydroxyl groups excluding tert-OH is 1. The maximum Gasteiger partial charge on any atom is 0.190 e. The predicted molar refractivity (Wildman–Crippen MR) is 71.1 cm³/mol. The van der Waals surface area contributed by atoms with Crippen LogP contribution in [0, 0.1) is 6.92 Å². The van der Waals surface area contributed by atoms with E-state index in [0.29, 0.717) is 5.39 Å². The molecule has 4 rings (SSSR count). The third-order valence-electron chi connectivity index (χ3n) is 4.25. The molecule has 4 heteroatoms. The van der Waals surface area contributed by atoms with Gasteiger partial charge in [0.1, 0.15) is 6.10 Å². The van der Waals surface area contributed by atoms with Gasteiger partial charge in [-0.15, -0.1) is 0 Å². The van der Waals surface area contributed by atoms with Crippen molar-refractivity contribution >= 4 is 10.9 Å². The average molecular weight is 257 g/mol. The van der Waals surface area contributed by atoms with Crippen LogP contribution in [0.5, 0.6) is 0 Å². The van der Waals surface area contributed by atoms with Gasteiger partial charge < -0.3 is 14.8 Å². The van der Waals surface area contributed by atoms with Crippen molar-refractivity contribution in [3.63, 3.8) is 0 Å². The number of benzene rings is 1. The van der Waals surface area contributed by atoms with Crippen LogP contribution in [0.2, 0.25) is 0 Å². The standard InChI is InChI=1S/C15H15NO3/c1-7-6-10(17)14-9(16-7)3-2-8-13(14)11-4-5-12(19-11)15(8)18/h2-3,6,11-12,15,18H,4-5H2,1H3,(H,16,17)/t11-,12+,15+/m0/s1. The molecule has 98 valence electrons. The van der Waals surface area contributed by atoms with Crippen LogP contribution in [-0.2, 0) is 4.74 Å². The Morgan fingerprint density at radius 3 is 3.05 bits per heavy atom. The topological polar surface area (TPSA) is 62.3 Å². The molecule has 1 aromatic heterocycles. The van der Waals surface area contributed by atoms with E-state index in [1.54, 1.807) is 6.07 Å². The van der Waals surface area contributed by atoms with Crippen molar-refractivity contribution in [2.75, 3.05) is 0 Å². The number of pyridine rings is 1. The molecule has 0 unspecified atom stereocenters. The fourth-order valence-electron chi connectivity index (χ4n) is 3.44. The summed E-state index contributed by atoms with van der Waals surface area (Å²) in [5.74, 6) is 0. The van der Waals surface area contributed by atoms with Crippen LogP contribution < -0.4 is 5.43 Å². The largest absolute Gasteiger partial charge is 0.386 e. The highest BCUT2D eigenvalue weighted by Crippen LogP contribution is 2.47. The minimum absolute atomic E-state index is 0.00394. The summed E-state index contributed by atoms with van der Waals surface area (Å²) >= 11 is 0. The van der Waals surface area contributed by atoms with Crippen molar-refractivity contribution in [3.05, 3.63) is 45.2 Å². The Morgan fingerprint density at radius 2 is 2.21 bits per heavy atom. The fourth-order valence-corrected chi connectivity index (χ4v) is 3.44. The monoisotopic (exact) mass is 257 g/mol. The Kier molecular flexibility index (Phi) is 2.17. The molecule has 0 saturated carbocycles. The Bertz CT molecular complexity index is 734. The van der Waals surface area contributed by atoms with Crippen molar-refractivity contribution in [3.8, 4) is 0 Å². The van der Waals surface area contributed by atoms with Gasteiger partial charge in [0.25, 0.3) is 0 Å². The molecule has 4 nitrogen and oxygen atoms in total.